The molecular formula is C19H29N3O4S. The molecule has 0 atom stereocenters. The van der Waals surface area contributed by atoms with Crippen LogP contribution in [-0.2, 0) is 14.8 Å². The van der Waals surface area contributed by atoms with Gasteiger partial charge in [0.1, 0.15) is 0 Å². The highest BCUT2D eigenvalue weighted by Crippen LogP contribution is 2.22. The highest BCUT2D eigenvalue weighted by Gasteiger charge is 2.27. The van der Waals surface area contributed by atoms with E-state index < -0.39 is 10.0 Å². The zero-order valence-electron chi connectivity index (χ0n) is 16.2. The number of amides is 2. The first-order valence-corrected chi connectivity index (χ1v) is 10.8. The van der Waals surface area contributed by atoms with Crippen LogP contribution < -0.4 is 10.6 Å². The van der Waals surface area contributed by atoms with Crippen LogP contribution in [0.1, 0.15) is 55.5 Å². The van der Waals surface area contributed by atoms with Crippen molar-refractivity contribution >= 4 is 21.8 Å². The van der Waals surface area contributed by atoms with E-state index in [9.17, 15) is 18.0 Å². The Labute approximate surface area is 161 Å². The van der Waals surface area contributed by atoms with E-state index in [2.05, 4.69) is 10.6 Å². The van der Waals surface area contributed by atoms with Gasteiger partial charge in [-0.05, 0) is 51.3 Å². The van der Waals surface area contributed by atoms with Crippen molar-refractivity contribution in [1.29, 1.82) is 0 Å². The summed E-state index contributed by atoms with van der Waals surface area (Å²) < 4.78 is 27.1. The van der Waals surface area contributed by atoms with Crippen molar-refractivity contribution in [1.82, 2.24) is 14.9 Å². The van der Waals surface area contributed by atoms with Crippen molar-refractivity contribution in [2.45, 2.75) is 57.4 Å². The zero-order valence-corrected chi connectivity index (χ0v) is 17.1. The summed E-state index contributed by atoms with van der Waals surface area (Å²) in [5, 5.41) is 5.45. The molecule has 8 heteroatoms. The Hall–Kier alpha value is -1.93. The second kappa shape index (κ2) is 9.32. The van der Waals surface area contributed by atoms with Gasteiger partial charge in [-0.1, -0.05) is 12.5 Å². The maximum atomic E-state index is 12.8. The van der Waals surface area contributed by atoms with Crippen LogP contribution in [0.25, 0.3) is 0 Å². The third-order valence-electron chi connectivity index (χ3n) is 4.49. The van der Waals surface area contributed by atoms with E-state index in [0.717, 1.165) is 19.3 Å². The molecule has 27 heavy (non-hydrogen) atoms. The molecule has 0 bridgehead atoms. The molecule has 2 amide bonds. The Bertz CT molecular complexity index is 784. The number of sulfonamides is 1. The Morgan fingerprint density at radius 3 is 2.44 bits per heavy atom. The first-order chi connectivity index (χ1) is 12.7. The lowest BCUT2D eigenvalue weighted by Gasteiger charge is -2.26. The molecule has 1 fully saturated rings. The molecular weight excluding hydrogens is 366 g/mol. The minimum absolute atomic E-state index is 0.0483. The summed E-state index contributed by atoms with van der Waals surface area (Å²) in [6.45, 7) is 6.73. The van der Waals surface area contributed by atoms with Crippen molar-refractivity contribution in [3.05, 3.63) is 29.3 Å². The number of rotatable bonds is 7. The molecule has 1 aromatic carbocycles. The van der Waals surface area contributed by atoms with Crippen molar-refractivity contribution in [2.75, 3.05) is 19.6 Å². The van der Waals surface area contributed by atoms with Crippen molar-refractivity contribution < 1.29 is 18.0 Å². The van der Waals surface area contributed by atoms with Gasteiger partial charge in [-0.2, -0.15) is 4.31 Å². The number of aryl methyl sites for hydroxylation is 1. The maximum absolute atomic E-state index is 12.8. The average Bonchev–Trinajstić information content (AvgIpc) is 2.62. The summed E-state index contributed by atoms with van der Waals surface area (Å²) >= 11 is 0. The largest absolute Gasteiger partial charge is 0.354 e. The van der Waals surface area contributed by atoms with Crippen LogP contribution in [0.3, 0.4) is 0 Å². The summed E-state index contributed by atoms with van der Waals surface area (Å²) in [6, 6.07) is 4.68. The molecule has 0 aromatic heterocycles. The van der Waals surface area contributed by atoms with Gasteiger partial charge in [0.2, 0.25) is 15.9 Å². The molecule has 0 unspecified atom stereocenters. The molecule has 1 saturated heterocycles. The Kier molecular flexibility index (Phi) is 7.38. The van der Waals surface area contributed by atoms with Gasteiger partial charge in [-0.3, -0.25) is 9.59 Å². The van der Waals surface area contributed by atoms with Crippen LogP contribution >= 0.6 is 0 Å². The molecule has 1 aliphatic heterocycles. The second-order valence-corrected chi connectivity index (χ2v) is 9.11. The first kappa shape index (κ1) is 21.4. The van der Waals surface area contributed by atoms with Crippen LogP contribution in [-0.4, -0.2) is 50.2 Å². The lowest BCUT2D eigenvalue weighted by atomic mass is 10.1. The Morgan fingerprint density at radius 2 is 1.81 bits per heavy atom. The number of piperidine rings is 1. The van der Waals surface area contributed by atoms with Crippen molar-refractivity contribution in [3.63, 3.8) is 0 Å². The normalized spacial score (nSPS) is 15.6. The second-order valence-electron chi connectivity index (χ2n) is 7.17. The topological polar surface area (TPSA) is 95.6 Å². The molecule has 0 spiro atoms. The van der Waals surface area contributed by atoms with Gasteiger partial charge in [-0.25, -0.2) is 8.42 Å². The zero-order chi connectivity index (χ0) is 20.0. The van der Waals surface area contributed by atoms with Crippen LogP contribution in [0.4, 0.5) is 0 Å². The monoisotopic (exact) mass is 395 g/mol. The van der Waals surface area contributed by atoms with Gasteiger partial charge in [0, 0.05) is 37.7 Å². The lowest BCUT2D eigenvalue weighted by molar-refractivity contribution is -0.121. The number of nitrogens with one attached hydrogen (secondary N) is 2. The van der Waals surface area contributed by atoms with E-state index in [4.69, 9.17) is 0 Å². The van der Waals surface area contributed by atoms with Gasteiger partial charge in [0.15, 0.2) is 0 Å². The average molecular weight is 396 g/mol. The minimum Gasteiger partial charge on any atom is -0.354 e. The van der Waals surface area contributed by atoms with Gasteiger partial charge >= 0.3 is 0 Å². The summed E-state index contributed by atoms with van der Waals surface area (Å²) in [5.74, 6) is -0.510. The molecule has 1 aromatic rings. The smallest absolute Gasteiger partial charge is 0.251 e. The number of carbonyl (C=O) groups is 2. The quantitative estimate of drug-likeness (QED) is 0.736. The maximum Gasteiger partial charge on any atom is 0.251 e. The number of hydrogen-bond donors (Lipinski definition) is 2. The van der Waals surface area contributed by atoms with E-state index >= 15 is 0 Å². The highest BCUT2D eigenvalue weighted by atomic mass is 32.2. The third kappa shape index (κ3) is 5.77. The van der Waals surface area contributed by atoms with Crippen molar-refractivity contribution in [3.8, 4) is 0 Å². The molecule has 1 heterocycles. The fourth-order valence-electron chi connectivity index (χ4n) is 3.04. The Balaban J connectivity index is 2.07. The molecule has 2 N–H and O–H groups in total. The summed E-state index contributed by atoms with van der Waals surface area (Å²) in [4.78, 5) is 24.3. The first-order valence-electron chi connectivity index (χ1n) is 9.40. The number of hydrogen-bond acceptors (Lipinski definition) is 4. The molecule has 0 aliphatic carbocycles. The molecule has 0 saturated carbocycles. The third-order valence-corrected chi connectivity index (χ3v) is 6.39. The van der Waals surface area contributed by atoms with Crippen LogP contribution in [0.5, 0.6) is 0 Å². The molecule has 150 valence electrons. The summed E-state index contributed by atoms with van der Waals surface area (Å²) in [5.41, 5.74) is 1.01. The molecule has 1 aliphatic rings. The number of carbonyl (C=O) groups excluding carboxylic acids is 2. The molecule has 7 nitrogen and oxygen atoms in total. The van der Waals surface area contributed by atoms with E-state index in [1.807, 2.05) is 13.8 Å². The van der Waals surface area contributed by atoms with E-state index in [0.29, 0.717) is 24.2 Å². The van der Waals surface area contributed by atoms with Crippen LogP contribution in [0.2, 0.25) is 0 Å². The van der Waals surface area contributed by atoms with Gasteiger partial charge in [-0.15, -0.1) is 0 Å². The van der Waals surface area contributed by atoms with Crippen LogP contribution in [0.15, 0.2) is 23.1 Å². The van der Waals surface area contributed by atoms with Crippen molar-refractivity contribution in [2.24, 2.45) is 0 Å². The SMILES string of the molecule is Cc1ccc(S(=O)(=O)N2CCCCC2)cc1C(=O)NCCC(=O)NC(C)C. The van der Waals surface area contributed by atoms with Gasteiger partial charge in [0.05, 0.1) is 4.90 Å². The number of benzene rings is 1. The summed E-state index contributed by atoms with van der Waals surface area (Å²) in [6.07, 6.45) is 2.93. The van der Waals surface area contributed by atoms with Crippen LogP contribution in [0, 0.1) is 6.92 Å². The van der Waals surface area contributed by atoms with Gasteiger partial charge < -0.3 is 10.6 Å². The minimum atomic E-state index is -3.59. The standard InChI is InChI=1S/C19H29N3O4S/c1-14(2)21-18(23)9-10-20-19(24)17-13-16(8-7-15(17)3)27(25,26)22-11-5-4-6-12-22/h7-8,13-14H,4-6,9-12H2,1-3H3,(H,20,24)(H,21,23). The molecule has 0 radical (unpaired) electrons. The highest BCUT2D eigenvalue weighted by molar-refractivity contribution is 7.89. The Morgan fingerprint density at radius 1 is 1.15 bits per heavy atom. The van der Waals surface area contributed by atoms with Gasteiger partial charge in [0.25, 0.3) is 5.91 Å². The fourth-order valence-corrected chi connectivity index (χ4v) is 4.58. The lowest BCUT2D eigenvalue weighted by Crippen LogP contribution is -2.36. The van der Waals surface area contributed by atoms with E-state index in [1.165, 1.54) is 10.4 Å². The fraction of sp³-hybridized carbons (Fsp3) is 0.579. The predicted octanol–water partition coefficient (Wildman–Crippen LogP) is 1.81. The summed E-state index contributed by atoms with van der Waals surface area (Å²) in [7, 11) is -3.59. The van der Waals surface area contributed by atoms with E-state index in [-0.39, 0.29) is 35.7 Å². The molecule has 2 rings (SSSR count). The van der Waals surface area contributed by atoms with E-state index in [1.54, 1.807) is 19.1 Å². The number of nitrogens with zero attached hydrogens (tertiary/aromatic N) is 1. The predicted molar refractivity (Wildman–Crippen MR) is 104 cm³/mol.